The molecule has 3 N–H and O–H groups in total. The topological polar surface area (TPSA) is 175 Å². The van der Waals surface area contributed by atoms with Crippen molar-refractivity contribution in [3.05, 3.63) is 106 Å². The molecule has 50 heavy (non-hydrogen) atoms. The lowest BCUT2D eigenvalue weighted by atomic mass is 9.94. The maximum absolute atomic E-state index is 12.9. The second kappa shape index (κ2) is 17.5. The molecule has 0 aliphatic carbocycles. The quantitative estimate of drug-likeness (QED) is 0.112. The highest BCUT2D eigenvalue weighted by Crippen LogP contribution is 2.29. The summed E-state index contributed by atoms with van der Waals surface area (Å²) in [7, 11) is 2.97. The summed E-state index contributed by atoms with van der Waals surface area (Å²) in [6.45, 7) is 3.54. The highest BCUT2D eigenvalue weighted by Gasteiger charge is 2.22. The fourth-order valence-corrected chi connectivity index (χ4v) is 5.13. The third-order valence-electron chi connectivity index (χ3n) is 7.16. The van der Waals surface area contributed by atoms with Gasteiger partial charge in [-0.15, -0.1) is 11.6 Å². The predicted octanol–water partition coefficient (Wildman–Crippen LogP) is 5.74. The zero-order chi connectivity index (χ0) is 36.4. The Morgan fingerprint density at radius 3 is 1.84 bits per heavy atom. The Labute approximate surface area is 302 Å². The van der Waals surface area contributed by atoms with Gasteiger partial charge in [0, 0.05) is 11.4 Å². The van der Waals surface area contributed by atoms with E-state index in [-0.39, 0.29) is 5.56 Å². The van der Waals surface area contributed by atoms with Gasteiger partial charge in [-0.3, -0.25) is 20.4 Å². The molecule has 0 spiro atoms. The van der Waals surface area contributed by atoms with Gasteiger partial charge in [-0.1, -0.05) is 29.3 Å². The fourth-order valence-electron chi connectivity index (χ4n) is 4.67. The van der Waals surface area contributed by atoms with E-state index in [1.807, 2.05) is 0 Å². The lowest BCUT2D eigenvalue weighted by Gasteiger charge is -2.18. The molecular weight excluding hydrogens is 711 g/mol. The number of hydrogen-bond donors (Lipinski definition) is 3. The number of aromatic carboxylic acids is 1. The molecule has 0 saturated carbocycles. The number of nitrogens with one attached hydrogen (secondary N) is 2. The molecule has 1 unspecified atom stereocenters. The van der Waals surface area contributed by atoms with Crippen LogP contribution < -0.4 is 20.3 Å². The molecule has 0 aliphatic rings. The number of hydrazine groups is 1. The van der Waals surface area contributed by atoms with Crippen molar-refractivity contribution >= 4 is 52.6 Å². The summed E-state index contributed by atoms with van der Waals surface area (Å²) in [5.41, 5.74) is 7.34. The molecule has 17 heteroatoms. The molecule has 0 bridgehead atoms. The van der Waals surface area contributed by atoms with Crippen LogP contribution in [0.1, 0.15) is 56.7 Å². The Hall–Kier alpha value is -5.18. The molecule has 0 aliphatic heterocycles. The molecule has 2 heterocycles. The van der Waals surface area contributed by atoms with Gasteiger partial charge in [-0.25, -0.2) is 24.1 Å². The molecule has 5 aromatic rings. The number of benzene rings is 3. The lowest BCUT2D eigenvalue weighted by molar-refractivity contribution is -0.123. The van der Waals surface area contributed by atoms with E-state index in [2.05, 4.69) is 31.0 Å². The number of carboxylic acid groups (broad SMARTS) is 1. The van der Waals surface area contributed by atoms with Crippen LogP contribution in [0, 0.1) is 13.8 Å². The summed E-state index contributed by atoms with van der Waals surface area (Å²) < 4.78 is 13.6. The molecule has 14 nitrogen and oxygen atoms in total. The molecule has 0 fully saturated rings. The summed E-state index contributed by atoms with van der Waals surface area (Å²) in [5, 5.41) is 18.0. The van der Waals surface area contributed by atoms with Gasteiger partial charge in [0.25, 0.3) is 5.91 Å². The molecule has 0 radical (unpaired) electrons. The van der Waals surface area contributed by atoms with E-state index in [1.54, 1.807) is 78.3 Å². The number of alkyl halides is 1. The van der Waals surface area contributed by atoms with Crippen molar-refractivity contribution in [1.29, 1.82) is 0 Å². The minimum Gasteiger partial charge on any atom is -0.494 e. The van der Waals surface area contributed by atoms with Gasteiger partial charge in [0.15, 0.2) is 0 Å². The summed E-state index contributed by atoms with van der Waals surface area (Å²) >= 11 is 17.9. The third-order valence-corrected chi connectivity index (χ3v) is 8.17. The van der Waals surface area contributed by atoms with Crippen LogP contribution in [0.4, 0.5) is 0 Å². The Morgan fingerprint density at radius 1 is 0.800 bits per heavy atom. The van der Waals surface area contributed by atoms with Gasteiger partial charge in [-0.2, -0.15) is 10.2 Å². The number of hydrogen-bond acceptors (Lipinski definition) is 9. The molecule has 2 amide bonds. The zero-order valence-corrected chi connectivity index (χ0v) is 29.6. The van der Waals surface area contributed by atoms with Gasteiger partial charge >= 0.3 is 5.97 Å². The first-order chi connectivity index (χ1) is 23.9. The predicted molar refractivity (Wildman–Crippen MR) is 187 cm³/mol. The minimum atomic E-state index is -0.996. The molecule has 262 valence electrons. The molecule has 5 rings (SSSR count). The number of methoxy groups -OCH3 is 2. The van der Waals surface area contributed by atoms with Crippen LogP contribution in [0.5, 0.6) is 11.5 Å². The number of aromatic nitrogens is 6. The number of aryl methyl sites for hydroxylation is 2. The first-order valence-electron chi connectivity index (χ1n) is 14.9. The van der Waals surface area contributed by atoms with Crippen LogP contribution in [0.15, 0.2) is 67.3 Å². The highest BCUT2D eigenvalue weighted by atomic mass is 35.5. The monoisotopic (exact) mass is 742 g/mol. The number of ether oxygens (including phenoxy) is 2. The summed E-state index contributed by atoms with van der Waals surface area (Å²) in [5.74, 6) is 0.0401. The van der Waals surface area contributed by atoms with E-state index < -0.39 is 23.7 Å². The highest BCUT2D eigenvalue weighted by molar-refractivity contribution is 6.42. The molecule has 1 atom stereocenters. The summed E-state index contributed by atoms with van der Waals surface area (Å²) in [6.07, 6.45) is 4.18. The molecule has 3 aromatic carbocycles. The normalized spacial score (nSPS) is 11.2. The number of halogens is 3. The SMILES string of the molecule is COc1cc(C(=O)NNC(=O)C(CCCCl)c2ccc(Cl)c(Cl)c2)ccc1-n1cnc(C)n1.COc1cc(C(=O)O)ccc1-n1cnc(C)n1. The van der Waals surface area contributed by atoms with Gasteiger partial charge in [0.1, 0.15) is 47.2 Å². The Balaban J connectivity index is 0.000000276. The third kappa shape index (κ3) is 9.49. The largest absolute Gasteiger partial charge is 0.494 e. The van der Waals surface area contributed by atoms with Gasteiger partial charge in [-0.05, 0) is 80.8 Å². The summed E-state index contributed by atoms with van der Waals surface area (Å²) in [6, 6.07) is 14.4. The van der Waals surface area contributed by atoms with Crippen molar-refractivity contribution in [2.24, 2.45) is 0 Å². The molecular formula is C33H33Cl3N8O6. The number of carboxylic acids is 1. The maximum atomic E-state index is 12.9. The van der Waals surface area contributed by atoms with Crippen molar-refractivity contribution < 1.29 is 29.0 Å². The lowest BCUT2D eigenvalue weighted by Crippen LogP contribution is -2.44. The van der Waals surface area contributed by atoms with Gasteiger partial charge < -0.3 is 14.6 Å². The average molecular weight is 744 g/mol. The van der Waals surface area contributed by atoms with Crippen molar-refractivity contribution in [2.75, 3.05) is 20.1 Å². The number of carbonyl (C=O) groups excluding carboxylic acids is 2. The first-order valence-corrected chi connectivity index (χ1v) is 16.2. The van der Waals surface area contributed by atoms with Crippen LogP contribution in [0.3, 0.4) is 0 Å². The second-order valence-corrected chi connectivity index (χ2v) is 11.7. The molecule has 2 aromatic heterocycles. The van der Waals surface area contributed by atoms with Crippen molar-refractivity contribution in [1.82, 2.24) is 40.4 Å². The van der Waals surface area contributed by atoms with Crippen LogP contribution >= 0.6 is 34.8 Å². The second-order valence-electron chi connectivity index (χ2n) is 10.6. The van der Waals surface area contributed by atoms with E-state index in [0.29, 0.717) is 74.4 Å². The van der Waals surface area contributed by atoms with Crippen LogP contribution in [0.2, 0.25) is 10.0 Å². The Bertz CT molecular complexity index is 1980. The number of carbonyl (C=O) groups is 3. The molecule has 0 saturated heterocycles. The van der Waals surface area contributed by atoms with Crippen LogP contribution in [-0.2, 0) is 4.79 Å². The number of rotatable bonds is 11. The van der Waals surface area contributed by atoms with Crippen molar-refractivity contribution in [3.63, 3.8) is 0 Å². The number of nitrogens with zero attached hydrogens (tertiary/aromatic N) is 6. The van der Waals surface area contributed by atoms with Crippen molar-refractivity contribution in [2.45, 2.75) is 32.6 Å². The summed E-state index contributed by atoms with van der Waals surface area (Å²) in [4.78, 5) is 44.5. The van der Waals surface area contributed by atoms with E-state index in [4.69, 9.17) is 49.4 Å². The van der Waals surface area contributed by atoms with E-state index in [1.165, 1.54) is 26.4 Å². The van der Waals surface area contributed by atoms with Crippen LogP contribution in [-0.4, -0.2) is 72.5 Å². The standard InChI is InChI=1S/C22H22Cl3N5O3.C11H11N3O3/c1-13-26-12-30(29-13)19-8-6-15(11-20(19)33-2)21(31)27-28-22(32)16(4-3-9-23)14-5-7-17(24)18(25)10-14;1-7-12-6-14(13-7)9-4-3-8(11(15)16)5-10(9)17-2/h5-8,10-12,16H,3-4,9H2,1-2H3,(H,27,31)(H,28,32);3-6H,1-2H3,(H,15,16). The van der Waals surface area contributed by atoms with Crippen molar-refractivity contribution in [3.8, 4) is 22.9 Å². The minimum absolute atomic E-state index is 0.169. The maximum Gasteiger partial charge on any atom is 0.335 e. The number of amides is 2. The first kappa shape index (κ1) is 37.6. The van der Waals surface area contributed by atoms with Gasteiger partial charge in [0.05, 0.1) is 35.7 Å². The smallest absolute Gasteiger partial charge is 0.335 e. The van der Waals surface area contributed by atoms with E-state index >= 15 is 0 Å². The van der Waals surface area contributed by atoms with E-state index in [0.717, 1.165) is 0 Å². The zero-order valence-electron chi connectivity index (χ0n) is 27.4. The fraction of sp³-hybridized carbons (Fsp3) is 0.242. The van der Waals surface area contributed by atoms with Crippen LogP contribution in [0.25, 0.3) is 11.4 Å². The van der Waals surface area contributed by atoms with Gasteiger partial charge in [0.2, 0.25) is 5.91 Å². The van der Waals surface area contributed by atoms with E-state index in [9.17, 15) is 14.4 Å². The Kier molecular flexibility index (Phi) is 13.1. The average Bonchev–Trinajstić information content (AvgIpc) is 3.76. The Morgan fingerprint density at radius 2 is 1.36 bits per heavy atom.